The number of anilines is 2. The highest BCUT2D eigenvalue weighted by Gasteiger charge is 2.23. The summed E-state index contributed by atoms with van der Waals surface area (Å²) < 4.78 is 10.7. The monoisotopic (exact) mass is 688 g/mol. The van der Waals surface area contributed by atoms with Crippen molar-refractivity contribution >= 4 is 52.6 Å². The van der Waals surface area contributed by atoms with E-state index in [1.165, 1.54) is 56.3 Å². The van der Waals surface area contributed by atoms with Gasteiger partial charge in [0.25, 0.3) is 17.5 Å². The molecule has 0 bridgehead atoms. The van der Waals surface area contributed by atoms with Crippen LogP contribution in [0, 0.1) is 10.1 Å². The van der Waals surface area contributed by atoms with Gasteiger partial charge in [0, 0.05) is 34.0 Å². The quantitative estimate of drug-likeness (QED) is 0.0499. The molecule has 0 aliphatic rings. The van der Waals surface area contributed by atoms with Gasteiger partial charge in [0.05, 0.1) is 19.1 Å². The Morgan fingerprint density at radius 1 is 0.740 bits per heavy atom. The average Bonchev–Trinajstić information content (AvgIpc) is 3.15. The van der Waals surface area contributed by atoms with Crippen LogP contribution in [0.4, 0.5) is 17.1 Å². The number of ether oxygens (including phenoxy) is 2. The minimum Gasteiger partial charge on any atom is -0.493 e. The number of amides is 3. The number of carbonyl (C=O) groups excluding carboxylic acids is 3. The summed E-state index contributed by atoms with van der Waals surface area (Å²) in [5, 5.41) is 18.8. The van der Waals surface area contributed by atoms with Gasteiger partial charge in [-0.15, -0.1) is 11.8 Å². The molecule has 0 saturated carbocycles. The molecule has 3 N–H and O–H groups in total. The number of nitrogens with one attached hydrogen (secondary N) is 3. The highest BCUT2D eigenvalue weighted by molar-refractivity contribution is 8.00. The number of nitrogens with zero attached hydrogens (tertiary/aromatic N) is 1. The SMILES string of the molecule is COc1ccc(/C=C(\NC(=O)c2ccccc2)C(=O)Nc2ccc(SC(C(=O)Nc3ccc([N+](=O)[O-])cc3)c3ccccc3)cc2)cc1OC. The second-order valence-electron chi connectivity index (χ2n) is 10.7. The molecule has 0 fully saturated rings. The number of non-ortho nitro benzene ring substituents is 1. The molecule has 11 nitrogen and oxygen atoms in total. The van der Waals surface area contributed by atoms with E-state index in [1.54, 1.807) is 72.8 Å². The third-order valence-corrected chi connectivity index (χ3v) is 8.57. The van der Waals surface area contributed by atoms with Crippen LogP contribution in [0.25, 0.3) is 6.08 Å². The minimum absolute atomic E-state index is 0.00317. The van der Waals surface area contributed by atoms with Crippen molar-refractivity contribution in [3.8, 4) is 11.5 Å². The summed E-state index contributed by atoms with van der Waals surface area (Å²) in [7, 11) is 3.03. The molecule has 5 aromatic rings. The third-order valence-electron chi connectivity index (χ3n) is 7.30. The molecule has 5 aromatic carbocycles. The molecule has 0 radical (unpaired) electrons. The van der Waals surface area contributed by atoms with Crippen LogP contribution in [0.3, 0.4) is 0 Å². The lowest BCUT2D eigenvalue weighted by atomic mass is 10.1. The lowest BCUT2D eigenvalue weighted by molar-refractivity contribution is -0.384. The van der Waals surface area contributed by atoms with Gasteiger partial charge in [0.2, 0.25) is 5.91 Å². The zero-order chi connectivity index (χ0) is 35.5. The fourth-order valence-corrected chi connectivity index (χ4v) is 5.80. The molecule has 0 saturated heterocycles. The van der Waals surface area contributed by atoms with Gasteiger partial charge in [-0.3, -0.25) is 24.5 Å². The summed E-state index contributed by atoms with van der Waals surface area (Å²) in [5.41, 5.74) is 2.53. The molecule has 1 atom stereocenters. The van der Waals surface area contributed by atoms with Crippen LogP contribution in [0.2, 0.25) is 0 Å². The van der Waals surface area contributed by atoms with Crippen LogP contribution in [-0.4, -0.2) is 36.9 Å². The third kappa shape index (κ3) is 9.14. The second-order valence-corrected chi connectivity index (χ2v) is 11.9. The number of carbonyl (C=O) groups is 3. The smallest absolute Gasteiger partial charge is 0.272 e. The van der Waals surface area contributed by atoms with E-state index in [1.807, 2.05) is 30.3 Å². The average molecular weight is 689 g/mol. The molecule has 0 heterocycles. The van der Waals surface area contributed by atoms with Crippen molar-refractivity contribution in [1.29, 1.82) is 0 Å². The van der Waals surface area contributed by atoms with Crippen molar-refractivity contribution in [3.63, 3.8) is 0 Å². The van der Waals surface area contributed by atoms with Gasteiger partial charge >= 0.3 is 0 Å². The first-order valence-electron chi connectivity index (χ1n) is 15.2. The molecule has 0 aromatic heterocycles. The Bertz CT molecular complexity index is 2000. The number of rotatable bonds is 13. The number of nitro groups is 1. The summed E-state index contributed by atoms with van der Waals surface area (Å²) in [6.45, 7) is 0. The Kier molecular flexibility index (Phi) is 11.6. The van der Waals surface area contributed by atoms with Crippen LogP contribution in [0.5, 0.6) is 11.5 Å². The lowest BCUT2D eigenvalue weighted by Crippen LogP contribution is -2.30. The predicted octanol–water partition coefficient (Wildman–Crippen LogP) is 7.49. The minimum atomic E-state index is -0.656. The summed E-state index contributed by atoms with van der Waals surface area (Å²) in [6.07, 6.45) is 1.54. The predicted molar refractivity (Wildman–Crippen MR) is 193 cm³/mol. The van der Waals surface area contributed by atoms with Crippen molar-refractivity contribution in [2.45, 2.75) is 10.1 Å². The molecular weight excluding hydrogens is 657 g/mol. The Morgan fingerprint density at radius 3 is 1.96 bits per heavy atom. The molecule has 12 heteroatoms. The molecule has 0 aliphatic carbocycles. The molecule has 252 valence electrons. The van der Waals surface area contributed by atoms with Gasteiger partial charge in [-0.05, 0) is 77.9 Å². The maximum absolute atomic E-state index is 13.6. The Hall–Kier alpha value is -6.40. The zero-order valence-electron chi connectivity index (χ0n) is 27.0. The summed E-state index contributed by atoms with van der Waals surface area (Å²) in [5.74, 6) is -0.363. The highest BCUT2D eigenvalue weighted by atomic mass is 32.2. The van der Waals surface area contributed by atoms with E-state index in [0.29, 0.717) is 34.0 Å². The molecule has 0 spiro atoms. The van der Waals surface area contributed by atoms with Gasteiger partial charge < -0.3 is 25.4 Å². The summed E-state index contributed by atoms with van der Waals surface area (Å²) >= 11 is 1.30. The van der Waals surface area contributed by atoms with Crippen LogP contribution in [0.1, 0.15) is 26.7 Å². The van der Waals surface area contributed by atoms with Crippen molar-refractivity contribution in [2.75, 3.05) is 24.9 Å². The van der Waals surface area contributed by atoms with E-state index in [2.05, 4.69) is 16.0 Å². The molecule has 50 heavy (non-hydrogen) atoms. The molecule has 1 unspecified atom stereocenters. The van der Waals surface area contributed by atoms with Gasteiger partial charge in [0.1, 0.15) is 10.9 Å². The van der Waals surface area contributed by atoms with Crippen molar-refractivity contribution < 1.29 is 28.8 Å². The first-order chi connectivity index (χ1) is 24.2. The number of nitro benzene ring substituents is 1. The van der Waals surface area contributed by atoms with Crippen LogP contribution >= 0.6 is 11.8 Å². The fraction of sp³-hybridized carbons (Fsp3) is 0.0789. The van der Waals surface area contributed by atoms with E-state index in [0.717, 1.165) is 10.5 Å². The normalized spacial score (nSPS) is 11.5. The van der Waals surface area contributed by atoms with E-state index in [9.17, 15) is 24.5 Å². The molecular formula is C38H32N4O7S. The Labute approximate surface area is 292 Å². The first-order valence-corrected chi connectivity index (χ1v) is 16.1. The van der Waals surface area contributed by atoms with Gasteiger partial charge in [-0.2, -0.15) is 0 Å². The fourth-order valence-electron chi connectivity index (χ4n) is 4.78. The van der Waals surface area contributed by atoms with Crippen molar-refractivity contribution in [2.24, 2.45) is 0 Å². The standard InChI is InChI=1S/C38H32N4O7S/c1-48-33-22-13-25(24-34(33)49-2)23-32(41-36(43)27-11-7-4-8-12-27)37(44)39-29-16-20-31(21-17-29)50-35(26-9-5-3-6-10-26)38(45)40-28-14-18-30(19-15-28)42(46)47/h3-24,35H,1-2H3,(H,39,44)(H,40,45)(H,41,43)/b32-23-. The Morgan fingerprint density at radius 2 is 1.34 bits per heavy atom. The van der Waals surface area contributed by atoms with Crippen LogP contribution < -0.4 is 25.4 Å². The molecule has 0 aliphatic heterocycles. The topological polar surface area (TPSA) is 149 Å². The first kappa shape index (κ1) is 34.9. The van der Waals surface area contributed by atoms with E-state index >= 15 is 0 Å². The summed E-state index contributed by atoms with van der Waals surface area (Å²) in [4.78, 5) is 51.4. The lowest BCUT2D eigenvalue weighted by Gasteiger charge is -2.17. The zero-order valence-corrected chi connectivity index (χ0v) is 27.8. The van der Waals surface area contributed by atoms with Gasteiger partial charge in [0.15, 0.2) is 11.5 Å². The van der Waals surface area contributed by atoms with Gasteiger partial charge in [-0.1, -0.05) is 54.6 Å². The van der Waals surface area contributed by atoms with Gasteiger partial charge in [-0.25, -0.2) is 0 Å². The number of benzene rings is 5. The number of thioether (sulfide) groups is 1. The second kappa shape index (κ2) is 16.6. The summed E-state index contributed by atoms with van der Waals surface area (Å²) in [6, 6.07) is 35.4. The van der Waals surface area contributed by atoms with E-state index < -0.39 is 22.0 Å². The number of hydrogen-bond acceptors (Lipinski definition) is 8. The largest absolute Gasteiger partial charge is 0.493 e. The molecule has 3 amide bonds. The maximum atomic E-state index is 13.6. The highest BCUT2D eigenvalue weighted by Crippen LogP contribution is 2.37. The van der Waals surface area contributed by atoms with Crippen LogP contribution in [-0.2, 0) is 9.59 Å². The molecule has 5 rings (SSSR count). The van der Waals surface area contributed by atoms with E-state index in [-0.39, 0.29) is 17.3 Å². The number of methoxy groups -OCH3 is 2. The Balaban J connectivity index is 1.34. The van der Waals surface area contributed by atoms with Crippen LogP contribution in [0.15, 0.2) is 138 Å². The van der Waals surface area contributed by atoms with Crippen molar-refractivity contribution in [3.05, 3.63) is 160 Å². The maximum Gasteiger partial charge on any atom is 0.272 e. The van der Waals surface area contributed by atoms with Crippen molar-refractivity contribution in [1.82, 2.24) is 5.32 Å². The van der Waals surface area contributed by atoms with E-state index in [4.69, 9.17) is 9.47 Å². The number of hydrogen-bond donors (Lipinski definition) is 3.